The SMILES string of the molecule is O=C(CN1C(=O)S/C(=C/c2cccc(OCc3c(F)cccc3Cl)c2)C1=O)Nc1ccc(Cl)cc1. The summed E-state index contributed by atoms with van der Waals surface area (Å²) in [5, 5.41) is 2.85. The molecule has 3 amide bonds. The van der Waals surface area contributed by atoms with E-state index in [1.807, 2.05) is 0 Å². The van der Waals surface area contributed by atoms with Crippen LogP contribution in [0.3, 0.4) is 0 Å². The first kappa shape index (κ1) is 24.8. The van der Waals surface area contributed by atoms with Gasteiger partial charge >= 0.3 is 0 Å². The summed E-state index contributed by atoms with van der Waals surface area (Å²) in [5.41, 5.74) is 1.33. The van der Waals surface area contributed by atoms with Crippen molar-refractivity contribution in [2.24, 2.45) is 0 Å². The van der Waals surface area contributed by atoms with Gasteiger partial charge in [0.1, 0.15) is 24.7 Å². The van der Waals surface area contributed by atoms with Crippen LogP contribution in [0.5, 0.6) is 5.75 Å². The minimum atomic E-state index is -0.573. The monoisotopic (exact) mass is 530 g/mol. The summed E-state index contributed by atoms with van der Waals surface area (Å²) in [6, 6.07) is 17.6. The highest BCUT2D eigenvalue weighted by Gasteiger charge is 2.36. The average molecular weight is 531 g/mol. The van der Waals surface area contributed by atoms with Gasteiger partial charge in [-0.25, -0.2) is 4.39 Å². The number of benzene rings is 3. The fraction of sp³-hybridized carbons (Fsp3) is 0.0800. The van der Waals surface area contributed by atoms with E-state index in [1.54, 1.807) is 54.6 Å². The van der Waals surface area contributed by atoms with Gasteiger partial charge in [0.05, 0.1) is 9.93 Å². The number of thioether (sulfide) groups is 1. The summed E-state index contributed by atoms with van der Waals surface area (Å²) in [6.45, 7) is -0.495. The first-order valence-electron chi connectivity index (χ1n) is 10.3. The van der Waals surface area contributed by atoms with E-state index >= 15 is 0 Å². The number of nitrogens with one attached hydrogen (secondary N) is 1. The summed E-state index contributed by atoms with van der Waals surface area (Å²) in [6.07, 6.45) is 1.53. The molecule has 0 aromatic heterocycles. The van der Waals surface area contributed by atoms with Crippen LogP contribution in [0, 0.1) is 5.82 Å². The van der Waals surface area contributed by atoms with Crippen LogP contribution in [-0.4, -0.2) is 28.5 Å². The lowest BCUT2D eigenvalue weighted by Crippen LogP contribution is -2.36. The minimum Gasteiger partial charge on any atom is -0.489 e. The van der Waals surface area contributed by atoms with Gasteiger partial charge in [-0.3, -0.25) is 19.3 Å². The number of amides is 3. The van der Waals surface area contributed by atoms with E-state index in [-0.39, 0.29) is 22.1 Å². The number of carbonyl (C=O) groups is 3. The summed E-state index contributed by atoms with van der Waals surface area (Å²) >= 11 is 12.6. The van der Waals surface area contributed by atoms with Gasteiger partial charge in [0.25, 0.3) is 11.1 Å². The van der Waals surface area contributed by atoms with Gasteiger partial charge in [0.2, 0.25) is 5.91 Å². The molecule has 1 heterocycles. The summed E-state index contributed by atoms with van der Waals surface area (Å²) in [7, 11) is 0. The molecule has 6 nitrogen and oxygen atoms in total. The number of imide groups is 1. The van der Waals surface area contributed by atoms with Crippen LogP contribution < -0.4 is 10.1 Å². The normalized spacial score (nSPS) is 14.5. The van der Waals surface area contributed by atoms with E-state index in [0.29, 0.717) is 22.0 Å². The quantitative estimate of drug-likeness (QED) is 0.358. The molecule has 1 aliphatic heterocycles. The summed E-state index contributed by atoms with van der Waals surface area (Å²) in [5.74, 6) is -1.13. The van der Waals surface area contributed by atoms with Crippen LogP contribution in [0.1, 0.15) is 11.1 Å². The Kier molecular flexibility index (Phi) is 7.75. The molecule has 0 unspecified atom stereocenters. The van der Waals surface area contributed by atoms with E-state index in [2.05, 4.69) is 5.32 Å². The Morgan fingerprint density at radius 1 is 1.06 bits per heavy atom. The van der Waals surface area contributed by atoms with Gasteiger partial charge in [0, 0.05) is 16.3 Å². The Hall–Kier alpha value is -3.33. The Balaban J connectivity index is 1.41. The zero-order valence-corrected chi connectivity index (χ0v) is 20.3. The van der Waals surface area contributed by atoms with Gasteiger partial charge in [-0.2, -0.15) is 0 Å². The number of rotatable bonds is 7. The molecule has 4 rings (SSSR count). The smallest absolute Gasteiger partial charge is 0.294 e. The topological polar surface area (TPSA) is 75.7 Å². The number of anilines is 1. The molecule has 1 saturated heterocycles. The van der Waals surface area contributed by atoms with Crippen molar-refractivity contribution in [2.45, 2.75) is 6.61 Å². The predicted octanol–water partition coefficient (Wildman–Crippen LogP) is 6.39. The van der Waals surface area contributed by atoms with Gasteiger partial charge in [0.15, 0.2) is 0 Å². The van der Waals surface area contributed by atoms with Gasteiger partial charge in [-0.05, 0) is 71.9 Å². The van der Waals surface area contributed by atoms with Crippen molar-refractivity contribution < 1.29 is 23.5 Å². The van der Waals surface area contributed by atoms with Crippen molar-refractivity contribution in [2.75, 3.05) is 11.9 Å². The van der Waals surface area contributed by atoms with Crippen molar-refractivity contribution in [3.05, 3.63) is 98.6 Å². The van der Waals surface area contributed by atoms with Crippen LogP contribution in [0.4, 0.5) is 14.9 Å². The molecule has 0 radical (unpaired) electrons. The fourth-order valence-corrected chi connectivity index (χ4v) is 4.37. The predicted molar refractivity (Wildman–Crippen MR) is 135 cm³/mol. The molecule has 0 spiro atoms. The third-order valence-electron chi connectivity index (χ3n) is 4.90. The maximum atomic E-state index is 14.0. The fourth-order valence-electron chi connectivity index (χ4n) is 3.18. The van der Waals surface area contributed by atoms with Crippen LogP contribution in [0.15, 0.2) is 71.6 Å². The summed E-state index contributed by atoms with van der Waals surface area (Å²) in [4.78, 5) is 38.5. The highest BCUT2D eigenvalue weighted by molar-refractivity contribution is 8.18. The number of carbonyl (C=O) groups excluding carboxylic acids is 3. The highest BCUT2D eigenvalue weighted by atomic mass is 35.5. The zero-order valence-electron chi connectivity index (χ0n) is 18.0. The van der Waals surface area contributed by atoms with Crippen molar-refractivity contribution >= 4 is 63.8 Å². The van der Waals surface area contributed by atoms with E-state index in [0.717, 1.165) is 16.7 Å². The van der Waals surface area contributed by atoms with E-state index < -0.39 is 29.4 Å². The molecule has 0 aliphatic carbocycles. The number of halogens is 3. The molecule has 0 bridgehead atoms. The van der Waals surface area contributed by atoms with Crippen molar-refractivity contribution in [3.8, 4) is 5.75 Å². The maximum absolute atomic E-state index is 14.0. The van der Waals surface area contributed by atoms with Crippen LogP contribution >= 0.6 is 35.0 Å². The average Bonchev–Trinajstić information content (AvgIpc) is 3.08. The molecular formula is C25H17Cl2FN2O4S. The first-order valence-corrected chi connectivity index (χ1v) is 11.8. The lowest BCUT2D eigenvalue weighted by atomic mass is 10.2. The van der Waals surface area contributed by atoms with Gasteiger partial charge in [-0.15, -0.1) is 0 Å². The first-order chi connectivity index (χ1) is 16.8. The van der Waals surface area contributed by atoms with Crippen molar-refractivity contribution in [3.63, 3.8) is 0 Å². The summed E-state index contributed by atoms with van der Waals surface area (Å²) < 4.78 is 19.6. The molecule has 3 aromatic carbocycles. The molecule has 1 N–H and O–H groups in total. The number of hydrogen-bond acceptors (Lipinski definition) is 5. The third kappa shape index (κ3) is 6.22. The van der Waals surface area contributed by atoms with Gasteiger partial charge in [-0.1, -0.05) is 41.4 Å². The van der Waals surface area contributed by atoms with E-state index in [1.165, 1.54) is 18.2 Å². The Morgan fingerprint density at radius 3 is 2.54 bits per heavy atom. The minimum absolute atomic E-state index is 0.0752. The Labute approximate surface area is 214 Å². The second-order valence-electron chi connectivity index (χ2n) is 7.38. The molecule has 35 heavy (non-hydrogen) atoms. The number of ether oxygens (including phenoxy) is 1. The highest BCUT2D eigenvalue weighted by Crippen LogP contribution is 2.33. The zero-order chi connectivity index (χ0) is 24.9. The molecular weight excluding hydrogens is 514 g/mol. The van der Waals surface area contributed by atoms with E-state index in [4.69, 9.17) is 27.9 Å². The standard InChI is InChI=1S/C25H17Cl2FN2O4S/c26-16-7-9-17(10-8-16)29-23(31)13-30-24(32)22(35-25(30)33)12-15-3-1-4-18(11-15)34-14-19-20(27)5-2-6-21(19)28/h1-12H,13-14H2,(H,29,31)/b22-12+. The molecule has 0 atom stereocenters. The van der Waals surface area contributed by atoms with E-state index in [9.17, 15) is 18.8 Å². The third-order valence-corrected chi connectivity index (χ3v) is 6.42. The molecule has 0 saturated carbocycles. The van der Waals surface area contributed by atoms with Crippen molar-refractivity contribution in [1.29, 1.82) is 0 Å². The molecule has 10 heteroatoms. The lowest BCUT2D eigenvalue weighted by Gasteiger charge is -2.12. The number of nitrogens with zero attached hydrogens (tertiary/aromatic N) is 1. The Morgan fingerprint density at radius 2 is 1.80 bits per heavy atom. The molecule has 1 fully saturated rings. The molecule has 1 aliphatic rings. The molecule has 178 valence electrons. The van der Waals surface area contributed by atoms with Crippen LogP contribution in [0.25, 0.3) is 6.08 Å². The molecule has 3 aromatic rings. The second-order valence-corrected chi connectivity index (χ2v) is 9.22. The Bertz CT molecular complexity index is 1310. The second kappa shape index (κ2) is 10.9. The van der Waals surface area contributed by atoms with Crippen LogP contribution in [0.2, 0.25) is 10.0 Å². The maximum Gasteiger partial charge on any atom is 0.294 e. The van der Waals surface area contributed by atoms with Crippen molar-refractivity contribution in [1.82, 2.24) is 4.90 Å². The van der Waals surface area contributed by atoms with Crippen LogP contribution in [-0.2, 0) is 16.2 Å². The van der Waals surface area contributed by atoms with Gasteiger partial charge < -0.3 is 10.1 Å². The largest absolute Gasteiger partial charge is 0.489 e. The number of hydrogen-bond donors (Lipinski definition) is 1. The lowest BCUT2D eigenvalue weighted by molar-refractivity contribution is -0.127.